The Hall–Kier alpha value is -2.07. The molecule has 0 saturated carbocycles. The number of nitrogens with two attached hydrogens (primary N) is 1. The van der Waals surface area contributed by atoms with E-state index in [-0.39, 0.29) is 19.6 Å². The van der Waals surface area contributed by atoms with Gasteiger partial charge in [0.15, 0.2) is 0 Å². The van der Waals surface area contributed by atoms with E-state index in [9.17, 15) is 18.0 Å². The highest BCUT2D eigenvalue weighted by atomic mass is 19.4. The van der Waals surface area contributed by atoms with E-state index < -0.39 is 23.9 Å². The van der Waals surface area contributed by atoms with E-state index in [2.05, 4.69) is 0 Å². The topological polar surface area (TPSA) is 70.1 Å². The number of primary amides is 1. The third-order valence-electron chi connectivity index (χ3n) is 3.71. The van der Waals surface area contributed by atoms with E-state index in [0.717, 1.165) is 0 Å². The van der Waals surface area contributed by atoms with Crippen LogP contribution in [-0.4, -0.2) is 30.1 Å². The van der Waals surface area contributed by atoms with Gasteiger partial charge in [0.05, 0.1) is 23.5 Å². The molecular formula is C14H14F3N3O. The van der Waals surface area contributed by atoms with Crippen molar-refractivity contribution in [1.82, 2.24) is 4.90 Å². The molecule has 0 aromatic heterocycles. The summed E-state index contributed by atoms with van der Waals surface area (Å²) in [5.41, 5.74) is 6.14. The summed E-state index contributed by atoms with van der Waals surface area (Å²) in [5, 5.41) is 8.99. The predicted molar refractivity (Wildman–Crippen MR) is 68.7 cm³/mol. The van der Waals surface area contributed by atoms with Gasteiger partial charge in [-0.1, -0.05) is 18.2 Å². The maximum absolute atomic E-state index is 12.9. The summed E-state index contributed by atoms with van der Waals surface area (Å²) in [4.78, 5) is 12.7. The van der Waals surface area contributed by atoms with Crippen LogP contribution in [-0.2, 0) is 11.3 Å². The number of likely N-dealkylation sites (tertiary alicyclic amines) is 1. The van der Waals surface area contributed by atoms with Crippen LogP contribution in [0.5, 0.6) is 0 Å². The molecule has 1 aliphatic heterocycles. The van der Waals surface area contributed by atoms with Crippen LogP contribution in [0.15, 0.2) is 24.3 Å². The van der Waals surface area contributed by atoms with Crippen molar-refractivity contribution in [3.8, 4) is 6.07 Å². The molecule has 1 fully saturated rings. The summed E-state index contributed by atoms with van der Waals surface area (Å²) in [6.07, 6.45) is -4.46. The Morgan fingerprint density at radius 1 is 1.38 bits per heavy atom. The highest BCUT2D eigenvalue weighted by Crippen LogP contribution is 2.38. The Morgan fingerprint density at radius 3 is 2.57 bits per heavy atom. The predicted octanol–water partition coefficient (Wildman–Crippen LogP) is 1.65. The van der Waals surface area contributed by atoms with Gasteiger partial charge in [-0.15, -0.1) is 0 Å². The summed E-state index contributed by atoms with van der Waals surface area (Å²) in [6, 6.07) is 8.72. The third kappa shape index (κ3) is 3.34. The summed E-state index contributed by atoms with van der Waals surface area (Å²) in [7, 11) is 0. The SMILES string of the molecule is N#Cc1ccccc1CN1C[C@@H](C(F)(F)F)[C@H](C(N)=O)C1. The number of hydrogen-bond acceptors (Lipinski definition) is 3. The van der Waals surface area contributed by atoms with Gasteiger partial charge in [-0.05, 0) is 11.6 Å². The number of alkyl halides is 3. The molecule has 1 aromatic rings. The van der Waals surface area contributed by atoms with Crippen LogP contribution in [0.2, 0.25) is 0 Å². The van der Waals surface area contributed by atoms with Crippen molar-refractivity contribution >= 4 is 5.91 Å². The van der Waals surface area contributed by atoms with Crippen LogP contribution in [0, 0.1) is 23.2 Å². The van der Waals surface area contributed by atoms with Crippen LogP contribution >= 0.6 is 0 Å². The van der Waals surface area contributed by atoms with Gasteiger partial charge in [0.25, 0.3) is 0 Å². The Kier molecular flexibility index (Phi) is 4.19. The van der Waals surface area contributed by atoms with Gasteiger partial charge in [0.2, 0.25) is 5.91 Å². The van der Waals surface area contributed by atoms with Crippen molar-refractivity contribution in [3.63, 3.8) is 0 Å². The maximum atomic E-state index is 12.9. The average molecular weight is 297 g/mol. The minimum atomic E-state index is -4.46. The summed E-state index contributed by atoms with van der Waals surface area (Å²) in [6.45, 7) is -0.129. The van der Waals surface area contributed by atoms with Crippen molar-refractivity contribution in [2.24, 2.45) is 17.6 Å². The molecule has 0 spiro atoms. The molecule has 2 atom stereocenters. The first kappa shape index (κ1) is 15.3. The Balaban J connectivity index is 2.17. The molecule has 0 radical (unpaired) electrons. The van der Waals surface area contributed by atoms with Gasteiger partial charge in [0.1, 0.15) is 0 Å². The van der Waals surface area contributed by atoms with Crippen LogP contribution in [0.3, 0.4) is 0 Å². The fourth-order valence-electron chi connectivity index (χ4n) is 2.64. The monoisotopic (exact) mass is 297 g/mol. The lowest BCUT2D eigenvalue weighted by atomic mass is 9.95. The van der Waals surface area contributed by atoms with Crippen LogP contribution in [0.25, 0.3) is 0 Å². The molecule has 112 valence electrons. The molecule has 1 aliphatic rings. The molecule has 7 heteroatoms. The number of hydrogen-bond donors (Lipinski definition) is 1. The number of benzene rings is 1. The van der Waals surface area contributed by atoms with Crippen LogP contribution in [0.4, 0.5) is 13.2 Å². The zero-order valence-electron chi connectivity index (χ0n) is 11.1. The number of rotatable bonds is 3. The number of carbonyl (C=O) groups is 1. The van der Waals surface area contributed by atoms with Crippen molar-refractivity contribution < 1.29 is 18.0 Å². The Labute approximate surface area is 119 Å². The minimum absolute atomic E-state index is 0.0424. The number of halogens is 3. The normalized spacial score (nSPS) is 23.0. The van der Waals surface area contributed by atoms with E-state index in [1.807, 2.05) is 6.07 Å². The highest BCUT2D eigenvalue weighted by Gasteiger charge is 2.51. The molecule has 0 bridgehead atoms. The lowest BCUT2D eigenvalue weighted by Crippen LogP contribution is -2.37. The number of nitrogens with zero attached hydrogens (tertiary/aromatic N) is 2. The molecular weight excluding hydrogens is 283 g/mol. The van der Waals surface area contributed by atoms with Crippen molar-refractivity contribution in [1.29, 1.82) is 5.26 Å². The second kappa shape index (κ2) is 5.74. The molecule has 0 unspecified atom stereocenters. The molecule has 2 N–H and O–H groups in total. The fraction of sp³-hybridized carbons (Fsp3) is 0.429. The van der Waals surface area contributed by atoms with E-state index >= 15 is 0 Å². The van der Waals surface area contributed by atoms with E-state index in [0.29, 0.717) is 11.1 Å². The smallest absolute Gasteiger partial charge is 0.369 e. The molecule has 1 heterocycles. The average Bonchev–Trinajstić information content (AvgIpc) is 2.83. The van der Waals surface area contributed by atoms with Crippen molar-refractivity contribution in [2.45, 2.75) is 12.7 Å². The lowest BCUT2D eigenvalue weighted by Gasteiger charge is -2.19. The minimum Gasteiger partial charge on any atom is -0.369 e. The summed E-state index contributed by atoms with van der Waals surface area (Å²) >= 11 is 0. The zero-order valence-corrected chi connectivity index (χ0v) is 11.1. The maximum Gasteiger partial charge on any atom is 0.393 e. The molecule has 21 heavy (non-hydrogen) atoms. The molecule has 1 aromatic carbocycles. The third-order valence-corrected chi connectivity index (χ3v) is 3.71. The van der Waals surface area contributed by atoms with Gasteiger partial charge in [-0.25, -0.2) is 0 Å². The Bertz CT molecular complexity index is 580. The molecule has 1 amide bonds. The van der Waals surface area contributed by atoms with Gasteiger partial charge in [0, 0.05) is 19.6 Å². The number of amides is 1. The summed E-state index contributed by atoms with van der Waals surface area (Å²) in [5.74, 6) is -3.92. The van der Waals surface area contributed by atoms with Crippen molar-refractivity contribution in [2.75, 3.05) is 13.1 Å². The zero-order chi connectivity index (χ0) is 15.6. The first-order valence-corrected chi connectivity index (χ1v) is 6.39. The van der Waals surface area contributed by atoms with Crippen LogP contribution in [0.1, 0.15) is 11.1 Å². The molecule has 0 aliphatic carbocycles. The first-order valence-electron chi connectivity index (χ1n) is 6.39. The van der Waals surface area contributed by atoms with E-state index in [4.69, 9.17) is 11.0 Å². The van der Waals surface area contributed by atoms with Crippen LogP contribution < -0.4 is 5.73 Å². The van der Waals surface area contributed by atoms with Gasteiger partial charge in [-0.2, -0.15) is 18.4 Å². The first-order chi connectivity index (χ1) is 9.82. The highest BCUT2D eigenvalue weighted by molar-refractivity contribution is 5.77. The number of nitriles is 1. The van der Waals surface area contributed by atoms with Crippen molar-refractivity contribution in [3.05, 3.63) is 35.4 Å². The number of carbonyl (C=O) groups excluding carboxylic acids is 1. The molecule has 2 rings (SSSR count). The standard InChI is InChI=1S/C14H14F3N3O/c15-14(16,17)12-8-20(7-11(12)13(19)21)6-10-4-2-1-3-9(10)5-18/h1-4,11-12H,6-8H2,(H2,19,21)/t11-,12-/m1/s1. The fourth-order valence-corrected chi connectivity index (χ4v) is 2.64. The quantitative estimate of drug-likeness (QED) is 0.922. The van der Waals surface area contributed by atoms with E-state index in [1.54, 1.807) is 24.3 Å². The van der Waals surface area contributed by atoms with E-state index in [1.165, 1.54) is 4.90 Å². The molecule has 4 nitrogen and oxygen atoms in total. The Morgan fingerprint density at radius 2 is 2.05 bits per heavy atom. The van der Waals surface area contributed by atoms with Gasteiger partial charge in [-0.3, -0.25) is 9.69 Å². The lowest BCUT2D eigenvalue weighted by molar-refractivity contribution is -0.182. The van der Waals surface area contributed by atoms with Gasteiger partial charge < -0.3 is 5.73 Å². The largest absolute Gasteiger partial charge is 0.393 e. The summed E-state index contributed by atoms with van der Waals surface area (Å²) < 4.78 is 38.8. The second-order valence-corrected chi connectivity index (χ2v) is 5.12. The second-order valence-electron chi connectivity index (χ2n) is 5.12. The van der Waals surface area contributed by atoms with Gasteiger partial charge >= 0.3 is 6.18 Å². The molecule has 1 saturated heterocycles.